The molecule has 3 heterocycles. The van der Waals surface area contributed by atoms with Crippen molar-refractivity contribution in [3.63, 3.8) is 0 Å². The molecular weight excluding hydrogens is 576 g/mol. The maximum absolute atomic E-state index is 13.5. The highest BCUT2D eigenvalue weighted by Gasteiger charge is 2.26. The van der Waals surface area contributed by atoms with Crippen molar-refractivity contribution in [1.29, 1.82) is 5.26 Å². The number of nitrogens with zero attached hydrogens (tertiary/aromatic N) is 4. The zero-order chi connectivity index (χ0) is 25.9. The summed E-state index contributed by atoms with van der Waals surface area (Å²) in [5.41, 5.74) is 4.52. The Bertz CT molecular complexity index is 1560. The Hall–Kier alpha value is -3.58. The summed E-state index contributed by atoms with van der Waals surface area (Å²) >= 11 is 3.35. The van der Waals surface area contributed by atoms with E-state index in [1.807, 2.05) is 24.3 Å². The number of hydrogen-bond acceptors (Lipinski definition) is 4. The van der Waals surface area contributed by atoms with Gasteiger partial charge in [0, 0.05) is 55.9 Å². The molecule has 1 amide bonds. The molecule has 2 aromatic heterocycles. The van der Waals surface area contributed by atoms with Crippen molar-refractivity contribution in [2.75, 3.05) is 13.1 Å². The summed E-state index contributed by atoms with van der Waals surface area (Å²) in [4.78, 5) is 19.7. The second-order valence-electron chi connectivity index (χ2n) is 8.84. The van der Waals surface area contributed by atoms with Crippen LogP contribution in [0.4, 0.5) is 13.6 Å². The summed E-state index contributed by atoms with van der Waals surface area (Å²) in [6.07, 6.45) is 5.90. The minimum Gasteiger partial charge on any atom is -0.333 e. The molecule has 1 N–H and O–H groups in total. The van der Waals surface area contributed by atoms with Crippen molar-refractivity contribution in [3.8, 4) is 6.07 Å². The van der Waals surface area contributed by atoms with Gasteiger partial charge in [0.05, 0.1) is 17.1 Å². The number of halogens is 4. The highest BCUT2D eigenvalue weighted by Crippen LogP contribution is 2.31. The lowest BCUT2D eigenvalue weighted by Gasteiger charge is -2.27. The number of amides is 1. The van der Waals surface area contributed by atoms with E-state index in [1.165, 1.54) is 12.1 Å². The van der Waals surface area contributed by atoms with Crippen molar-refractivity contribution in [2.24, 2.45) is 0 Å². The van der Waals surface area contributed by atoms with Gasteiger partial charge in [0.2, 0.25) is 0 Å². The molecule has 1 aliphatic heterocycles. The molecule has 0 atom stereocenters. The number of carbonyl (C=O) groups is 1. The number of benzene rings is 2. The molecule has 0 bridgehead atoms. The zero-order valence-electron chi connectivity index (χ0n) is 20.1. The summed E-state index contributed by atoms with van der Waals surface area (Å²) in [6.45, 7) is 2.24. The molecule has 6 nitrogen and oxygen atoms in total. The summed E-state index contributed by atoms with van der Waals surface area (Å²) in [5, 5.41) is 13.4. The van der Waals surface area contributed by atoms with Crippen LogP contribution >= 0.6 is 28.3 Å². The number of nitriles is 1. The topological polar surface area (TPSA) is 74.0 Å². The van der Waals surface area contributed by atoms with E-state index in [-0.39, 0.29) is 18.4 Å². The maximum Gasteiger partial charge on any atom is 0.326 e. The fourth-order valence-corrected chi connectivity index (χ4v) is 5.10. The van der Waals surface area contributed by atoms with E-state index in [2.05, 4.69) is 37.2 Å². The van der Waals surface area contributed by atoms with Crippen LogP contribution in [0.3, 0.4) is 0 Å². The third kappa shape index (κ3) is 5.94. The molecule has 0 saturated carbocycles. The van der Waals surface area contributed by atoms with E-state index in [9.17, 15) is 18.8 Å². The monoisotopic (exact) mass is 597 g/mol. The zero-order valence-corrected chi connectivity index (χ0v) is 22.5. The first kappa shape index (κ1) is 27.5. The molecule has 1 aliphatic rings. The van der Waals surface area contributed by atoms with E-state index >= 15 is 0 Å². The first-order chi connectivity index (χ1) is 17.9. The molecule has 10 heteroatoms. The Morgan fingerprint density at radius 3 is 2.68 bits per heavy atom. The summed E-state index contributed by atoms with van der Waals surface area (Å²) < 4.78 is 29.3. The van der Waals surface area contributed by atoms with Gasteiger partial charge in [0.25, 0.3) is 0 Å². The molecule has 0 spiro atoms. The molecule has 0 radical (unpaired) electrons. The molecular formula is C28H23BrClF2N5O. The number of nitrogens with one attached hydrogen (secondary N) is 1. The highest BCUT2D eigenvalue weighted by atomic mass is 79.9. The second kappa shape index (κ2) is 11.9. The van der Waals surface area contributed by atoms with Gasteiger partial charge in [0.15, 0.2) is 0 Å². The normalized spacial score (nSPS) is 13.2. The summed E-state index contributed by atoms with van der Waals surface area (Å²) in [6, 6.07) is 14.4. The van der Waals surface area contributed by atoms with Gasteiger partial charge in [-0.25, -0.2) is 18.6 Å². The minimum atomic E-state index is -0.610. The van der Waals surface area contributed by atoms with Gasteiger partial charge in [-0.2, -0.15) is 5.26 Å². The fraction of sp³-hybridized carbons (Fsp3) is 0.179. The highest BCUT2D eigenvalue weighted by molar-refractivity contribution is 9.10. The quantitative estimate of drug-likeness (QED) is 0.278. The molecule has 0 aliphatic carbocycles. The average molecular weight is 599 g/mol. The van der Waals surface area contributed by atoms with E-state index in [1.54, 1.807) is 29.0 Å². The first-order valence-corrected chi connectivity index (χ1v) is 12.5. The van der Waals surface area contributed by atoms with Gasteiger partial charge in [-0.3, -0.25) is 9.47 Å². The molecule has 5 rings (SSSR count). The Labute approximate surface area is 233 Å². The number of fused-ring (bicyclic) bond motifs is 3. The van der Waals surface area contributed by atoms with Crippen molar-refractivity contribution in [3.05, 3.63) is 105 Å². The van der Waals surface area contributed by atoms with Gasteiger partial charge < -0.3 is 5.32 Å². The molecule has 2 aromatic carbocycles. The smallest absolute Gasteiger partial charge is 0.326 e. The summed E-state index contributed by atoms with van der Waals surface area (Å²) in [5.74, 6) is -1.22. The first-order valence-electron chi connectivity index (χ1n) is 11.7. The van der Waals surface area contributed by atoms with Gasteiger partial charge in [-0.15, -0.1) is 12.4 Å². The number of hydrogen-bond donors (Lipinski definition) is 1. The predicted octanol–water partition coefficient (Wildman–Crippen LogP) is 6.20. The van der Waals surface area contributed by atoms with Crippen LogP contribution in [0.5, 0.6) is 0 Å². The number of aromatic nitrogens is 2. The van der Waals surface area contributed by atoms with Crippen molar-refractivity contribution >= 4 is 51.3 Å². The van der Waals surface area contributed by atoms with Gasteiger partial charge in [-0.05, 0) is 69.0 Å². The van der Waals surface area contributed by atoms with Crippen LogP contribution in [0.2, 0.25) is 0 Å². The van der Waals surface area contributed by atoms with Crippen molar-refractivity contribution in [1.82, 2.24) is 19.8 Å². The Kier molecular flexibility index (Phi) is 8.57. The van der Waals surface area contributed by atoms with Gasteiger partial charge in [-0.1, -0.05) is 18.2 Å². The Morgan fingerprint density at radius 1 is 1.16 bits per heavy atom. The van der Waals surface area contributed by atoms with E-state index in [0.717, 1.165) is 28.3 Å². The molecule has 0 unspecified atom stereocenters. The maximum atomic E-state index is 13.5. The molecule has 38 heavy (non-hydrogen) atoms. The van der Waals surface area contributed by atoms with E-state index < -0.39 is 11.6 Å². The van der Waals surface area contributed by atoms with Crippen LogP contribution in [0, 0.1) is 23.0 Å². The second-order valence-corrected chi connectivity index (χ2v) is 9.65. The number of carbonyl (C=O) groups excluding carboxylic acids is 1. The van der Waals surface area contributed by atoms with Crippen LogP contribution in [0.15, 0.2) is 65.4 Å². The fourth-order valence-electron chi connectivity index (χ4n) is 4.69. The van der Waals surface area contributed by atoms with Crippen LogP contribution in [-0.2, 0) is 19.5 Å². The summed E-state index contributed by atoms with van der Waals surface area (Å²) in [7, 11) is 0. The standard InChI is InChI=1S/C28H22BrF2N5O.ClH/c29-27-13-20(5-7-33-27)16-34-28(37)36-25-6-9-35(8-1-2-18-10-21(30)14-22(31)11-18)17-24(25)23-4-3-19(15-32)12-26(23)36;/h1-5,7,10-14H,6,8-9,16-17H2,(H,34,37);1H/b2-1+;. The molecule has 0 saturated heterocycles. The van der Waals surface area contributed by atoms with E-state index in [0.29, 0.717) is 53.8 Å². The van der Waals surface area contributed by atoms with Gasteiger partial charge in [0.1, 0.15) is 16.2 Å². The Morgan fingerprint density at radius 2 is 1.95 bits per heavy atom. The third-order valence-corrected chi connectivity index (χ3v) is 6.79. The molecule has 4 aromatic rings. The van der Waals surface area contributed by atoms with Crippen LogP contribution < -0.4 is 5.32 Å². The number of pyridine rings is 1. The molecule has 0 fully saturated rings. The number of rotatable bonds is 5. The van der Waals surface area contributed by atoms with Crippen LogP contribution in [0.1, 0.15) is 27.9 Å². The largest absolute Gasteiger partial charge is 0.333 e. The van der Waals surface area contributed by atoms with E-state index in [4.69, 9.17) is 0 Å². The minimum absolute atomic E-state index is 0. The van der Waals surface area contributed by atoms with Crippen molar-refractivity contribution in [2.45, 2.75) is 19.5 Å². The lowest BCUT2D eigenvalue weighted by Crippen LogP contribution is -2.34. The SMILES string of the molecule is Cl.N#Cc1ccc2c3c(n(C(=O)NCc4ccnc(Br)c4)c2c1)CCN(C/C=C/c1cc(F)cc(F)c1)C3. The predicted molar refractivity (Wildman–Crippen MR) is 148 cm³/mol. The van der Waals surface area contributed by atoms with Gasteiger partial charge >= 0.3 is 6.03 Å². The third-order valence-electron chi connectivity index (χ3n) is 6.35. The van der Waals surface area contributed by atoms with Crippen molar-refractivity contribution < 1.29 is 13.6 Å². The Balaban J connectivity index is 0.00000336. The van der Waals surface area contributed by atoms with Crippen LogP contribution in [0.25, 0.3) is 17.0 Å². The average Bonchev–Trinajstić information content (AvgIpc) is 3.19. The molecule has 194 valence electrons. The lowest BCUT2D eigenvalue weighted by molar-refractivity contribution is 0.240. The lowest BCUT2D eigenvalue weighted by atomic mass is 10.0. The van der Waals surface area contributed by atoms with Crippen LogP contribution in [-0.4, -0.2) is 33.6 Å².